The highest BCUT2D eigenvalue weighted by atomic mass is 16.4. The number of aromatic carboxylic acids is 1. The number of rotatable bonds is 6. The molecule has 17 heavy (non-hydrogen) atoms. The Morgan fingerprint density at radius 1 is 1.53 bits per heavy atom. The molecule has 0 saturated heterocycles. The Morgan fingerprint density at radius 3 is 2.88 bits per heavy atom. The maximum atomic E-state index is 11.0. The van der Waals surface area contributed by atoms with Gasteiger partial charge in [-0.15, -0.1) is 0 Å². The minimum Gasteiger partial charge on any atom is -0.478 e. The molecule has 5 heteroatoms. The molecule has 0 spiro atoms. The molecule has 92 valence electrons. The van der Waals surface area contributed by atoms with Crippen molar-refractivity contribution in [2.45, 2.75) is 19.3 Å². The van der Waals surface area contributed by atoms with E-state index in [4.69, 9.17) is 10.2 Å². The molecule has 3 N–H and O–H groups in total. The van der Waals surface area contributed by atoms with Gasteiger partial charge in [-0.1, -0.05) is 0 Å². The number of nitrogens with one attached hydrogen (secondary N) is 1. The summed E-state index contributed by atoms with van der Waals surface area (Å²) in [6, 6.07) is 1.48. The van der Waals surface area contributed by atoms with Gasteiger partial charge in [-0.25, -0.2) is 4.79 Å². The van der Waals surface area contributed by atoms with Crippen LogP contribution in [0.2, 0.25) is 0 Å². The topological polar surface area (TPSA) is 82.5 Å². The van der Waals surface area contributed by atoms with Gasteiger partial charge in [0, 0.05) is 19.3 Å². The molecule has 2 rings (SSSR count). The van der Waals surface area contributed by atoms with Crippen LogP contribution in [0.25, 0.3) is 0 Å². The lowest BCUT2D eigenvalue weighted by atomic mass is 10.0. The Hall–Kier alpha value is -1.62. The van der Waals surface area contributed by atoms with Gasteiger partial charge in [0.05, 0.1) is 17.4 Å². The molecular weight excluding hydrogens is 220 g/mol. The van der Waals surface area contributed by atoms with Crippen LogP contribution in [0.5, 0.6) is 0 Å². The summed E-state index contributed by atoms with van der Waals surface area (Å²) in [7, 11) is 0. The third-order valence-corrected chi connectivity index (χ3v) is 3.30. The zero-order chi connectivity index (χ0) is 12.3. The van der Waals surface area contributed by atoms with Gasteiger partial charge in [0.25, 0.3) is 0 Å². The van der Waals surface area contributed by atoms with E-state index >= 15 is 0 Å². The fourth-order valence-corrected chi connectivity index (χ4v) is 1.93. The van der Waals surface area contributed by atoms with E-state index in [0.29, 0.717) is 12.2 Å². The van der Waals surface area contributed by atoms with Gasteiger partial charge in [0.15, 0.2) is 0 Å². The highest BCUT2D eigenvalue weighted by molar-refractivity contribution is 5.93. The molecule has 1 fully saturated rings. The molecule has 0 atom stereocenters. The predicted octanol–water partition coefficient (Wildman–Crippen LogP) is 1.35. The highest BCUT2D eigenvalue weighted by Gasteiger charge is 2.41. The predicted molar refractivity (Wildman–Crippen MR) is 63.1 cm³/mol. The minimum absolute atomic E-state index is 0.153. The number of carboxylic acids is 1. The van der Waals surface area contributed by atoms with Crippen molar-refractivity contribution in [2.75, 3.05) is 18.5 Å². The molecule has 1 aromatic rings. The van der Waals surface area contributed by atoms with Gasteiger partial charge >= 0.3 is 5.97 Å². The van der Waals surface area contributed by atoms with E-state index in [-0.39, 0.29) is 17.6 Å². The average molecular weight is 236 g/mol. The third kappa shape index (κ3) is 2.74. The number of hydrogen-bond acceptors (Lipinski definition) is 4. The SMILES string of the molecule is O=C(O)c1ccncc1NCC1(CCO)CC1. The molecule has 0 radical (unpaired) electrons. The van der Waals surface area contributed by atoms with E-state index in [9.17, 15) is 4.79 Å². The van der Waals surface area contributed by atoms with E-state index in [2.05, 4.69) is 10.3 Å². The van der Waals surface area contributed by atoms with Crippen molar-refractivity contribution < 1.29 is 15.0 Å². The van der Waals surface area contributed by atoms with Gasteiger partial charge in [-0.2, -0.15) is 0 Å². The molecule has 0 aromatic carbocycles. The summed E-state index contributed by atoms with van der Waals surface area (Å²) in [6.45, 7) is 0.875. The summed E-state index contributed by atoms with van der Waals surface area (Å²) in [5, 5.41) is 21.1. The molecule has 1 saturated carbocycles. The Labute approximate surface area is 99.5 Å². The summed E-state index contributed by atoms with van der Waals surface area (Å²) < 4.78 is 0. The molecule has 1 aliphatic carbocycles. The van der Waals surface area contributed by atoms with Crippen molar-refractivity contribution in [2.24, 2.45) is 5.41 Å². The Kier molecular flexibility index (Phi) is 3.28. The zero-order valence-electron chi connectivity index (χ0n) is 9.52. The maximum absolute atomic E-state index is 11.0. The molecule has 0 bridgehead atoms. The third-order valence-electron chi connectivity index (χ3n) is 3.30. The number of hydrogen-bond donors (Lipinski definition) is 3. The molecule has 1 heterocycles. The van der Waals surface area contributed by atoms with Gasteiger partial charge in [-0.3, -0.25) is 4.98 Å². The monoisotopic (exact) mass is 236 g/mol. The van der Waals surface area contributed by atoms with Gasteiger partial charge in [0.1, 0.15) is 0 Å². The van der Waals surface area contributed by atoms with E-state index in [0.717, 1.165) is 19.3 Å². The lowest BCUT2D eigenvalue weighted by molar-refractivity contribution is 0.0697. The first-order valence-electron chi connectivity index (χ1n) is 5.69. The Bertz CT molecular complexity index is 416. The smallest absolute Gasteiger partial charge is 0.337 e. The maximum Gasteiger partial charge on any atom is 0.337 e. The molecule has 0 amide bonds. The van der Waals surface area contributed by atoms with Crippen molar-refractivity contribution in [3.63, 3.8) is 0 Å². The molecule has 0 unspecified atom stereocenters. The van der Waals surface area contributed by atoms with Crippen LogP contribution in [0.3, 0.4) is 0 Å². The normalized spacial score (nSPS) is 16.5. The largest absolute Gasteiger partial charge is 0.478 e. The van der Waals surface area contributed by atoms with E-state index in [1.54, 1.807) is 0 Å². The zero-order valence-corrected chi connectivity index (χ0v) is 9.52. The number of aliphatic hydroxyl groups excluding tert-OH is 1. The summed E-state index contributed by atoms with van der Waals surface area (Å²) >= 11 is 0. The fourth-order valence-electron chi connectivity index (χ4n) is 1.93. The number of aliphatic hydroxyl groups is 1. The van der Waals surface area contributed by atoms with Crippen LogP contribution in [0.15, 0.2) is 18.5 Å². The number of anilines is 1. The number of nitrogens with zero attached hydrogens (tertiary/aromatic N) is 1. The van der Waals surface area contributed by atoms with Gasteiger partial charge < -0.3 is 15.5 Å². The van der Waals surface area contributed by atoms with Crippen LogP contribution >= 0.6 is 0 Å². The average Bonchev–Trinajstić information content (AvgIpc) is 3.08. The second kappa shape index (κ2) is 4.71. The minimum atomic E-state index is -0.957. The van der Waals surface area contributed by atoms with Crippen LogP contribution < -0.4 is 5.32 Å². The van der Waals surface area contributed by atoms with Gasteiger partial charge in [0.2, 0.25) is 0 Å². The second-order valence-electron chi connectivity index (χ2n) is 4.55. The summed E-state index contributed by atoms with van der Waals surface area (Å²) in [4.78, 5) is 14.9. The Balaban J connectivity index is 2.02. The second-order valence-corrected chi connectivity index (χ2v) is 4.55. The van der Waals surface area contributed by atoms with Crippen LogP contribution in [-0.2, 0) is 0 Å². The highest BCUT2D eigenvalue weighted by Crippen LogP contribution is 2.48. The molecular formula is C12H16N2O3. The number of aromatic nitrogens is 1. The summed E-state index contributed by atoms with van der Waals surface area (Å²) in [6.07, 6.45) is 5.93. The standard InChI is InChI=1S/C12H16N2O3/c15-6-4-12(2-3-12)8-14-10-7-13-5-1-9(10)11(16)17/h1,5,7,14-15H,2-4,6,8H2,(H,16,17). The lowest BCUT2D eigenvalue weighted by Crippen LogP contribution is -2.18. The van der Waals surface area contributed by atoms with Crippen molar-refractivity contribution in [3.05, 3.63) is 24.0 Å². The first-order chi connectivity index (χ1) is 8.17. The van der Waals surface area contributed by atoms with Crippen molar-refractivity contribution in [1.82, 2.24) is 4.98 Å². The molecule has 1 aliphatic rings. The first-order valence-corrected chi connectivity index (χ1v) is 5.69. The van der Waals surface area contributed by atoms with Crippen LogP contribution in [-0.4, -0.2) is 34.3 Å². The molecule has 5 nitrogen and oxygen atoms in total. The molecule has 1 aromatic heterocycles. The van der Waals surface area contributed by atoms with Crippen LogP contribution in [0.1, 0.15) is 29.6 Å². The number of carboxylic acid groups (broad SMARTS) is 1. The number of carbonyl (C=O) groups is 1. The quantitative estimate of drug-likeness (QED) is 0.694. The van der Waals surface area contributed by atoms with E-state index in [1.165, 1.54) is 18.5 Å². The van der Waals surface area contributed by atoms with E-state index < -0.39 is 5.97 Å². The number of pyridine rings is 1. The fraction of sp³-hybridized carbons (Fsp3) is 0.500. The first kappa shape index (κ1) is 11.9. The van der Waals surface area contributed by atoms with Crippen molar-refractivity contribution in [1.29, 1.82) is 0 Å². The van der Waals surface area contributed by atoms with E-state index in [1.807, 2.05) is 0 Å². The van der Waals surface area contributed by atoms with Crippen LogP contribution in [0.4, 0.5) is 5.69 Å². The lowest BCUT2D eigenvalue weighted by Gasteiger charge is -2.16. The van der Waals surface area contributed by atoms with Crippen LogP contribution in [0, 0.1) is 5.41 Å². The van der Waals surface area contributed by atoms with Crippen molar-refractivity contribution in [3.8, 4) is 0 Å². The Morgan fingerprint density at radius 2 is 2.29 bits per heavy atom. The van der Waals surface area contributed by atoms with Crippen molar-refractivity contribution >= 4 is 11.7 Å². The van der Waals surface area contributed by atoms with Gasteiger partial charge in [-0.05, 0) is 30.7 Å². The summed E-state index contributed by atoms with van der Waals surface area (Å²) in [5.74, 6) is -0.957. The summed E-state index contributed by atoms with van der Waals surface area (Å²) in [5.41, 5.74) is 0.935. The molecule has 0 aliphatic heterocycles.